The van der Waals surface area contributed by atoms with Gasteiger partial charge in [0.25, 0.3) is 0 Å². The monoisotopic (exact) mass is 265 g/mol. The highest BCUT2D eigenvalue weighted by Crippen LogP contribution is 2.27. The van der Waals surface area contributed by atoms with Crippen LogP contribution in [0.5, 0.6) is 0 Å². The summed E-state index contributed by atoms with van der Waals surface area (Å²) in [5, 5.41) is 0. The summed E-state index contributed by atoms with van der Waals surface area (Å²) >= 11 is 1.43. The average Bonchev–Trinajstić information content (AvgIpc) is 2.43. The summed E-state index contributed by atoms with van der Waals surface area (Å²) in [7, 11) is 1.41. The van der Waals surface area contributed by atoms with E-state index in [0.717, 1.165) is 18.0 Å². The molecule has 0 spiro atoms. The largest absolute Gasteiger partial charge is 0.465 e. The Morgan fingerprint density at radius 2 is 1.89 bits per heavy atom. The van der Waals surface area contributed by atoms with E-state index >= 15 is 0 Å². The molecule has 0 aliphatic carbocycles. The van der Waals surface area contributed by atoms with Crippen molar-refractivity contribution in [2.45, 2.75) is 18.7 Å². The predicted molar refractivity (Wildman–Crippen MR) is 75.3 cm³/mol. The summed E-state index contributed by atoms with van der Waals surface area (Å²) in [5.41, 5.74) is 0. The molecular weight excluding hydrogens is 246 g/mol. The van der Waals surface area contributed by atoms with Gasteiger partial charge >= 0.3 is 5.97 Å². The Hall–Kier alpha value is -1.42. The zero-order valence-corrected chi connectivity index (χ0v) is 11.9. The maximum atomic E-state index is 11.7. The van der Waals surface area contributed by atoms with E-state index in [9.17, 15) is 4.79 Å². The van der Waals surface area contributed by atoms with Crippen LogP contribution in [0.3, 0.4) is 0 Å². The van der Waals surface area contributed by atoms with Gasteiger partial charge in [-0.2, -0.15) is 0 Å². The summed E-state index contributed by atoms with van der Waals surface area (Å²) in [6.07, 6.45) is 1.86. The third-order valence-electron chi connectivity index (χ3n) is 2.47. The molecule has 18 heavy (non-hydrogen) atoms. The van der Waals surface area contributed by atoms with Gasteiger partial charge in [-0.1, -0.05) is 30.0 Å². The van der Waals surface area contributed by atoms with Gasteiger partial charge in [-0.05, 0) is 26.0 Å². The van der Waals surface area contributed by atoms with Gasteiger partial charge in [-0.3, -0.25) is 0 Å². The number of nitrogens with zero attached hydrogens (tertiary/aromatic N) is 1. The van der Waals surface area contributed by atoms with Crippen molar-refractivity contribution in [1.29, 1.82) is 0 Å². The Kier molecular flexibility index (Phi) is 6.36. The predicted octanol–water partition coefficient (Wildman–Crippen LogP) is 3.13. The van der Waals surface area contributed by atoms with Crippen LogP contribution in [0.2, 0.25) is 0 Å². The number of carbonyl (C=O) groups excluding carboxylic acids is 1. The van der Waals surface area contributed by atoms with Gasteiger partial charge in [-0.15, -0.1) is 0 Å². The fourth-order valence-electron chi connectivity index (χ4n) is 1.41. The summed E-state index contributed by atoms with van der Waals surface area (Å²) < 4.78 is 4.82. The van der Waals surface area contributed by atoms with Crippen LogP contribution in [0.1, 0.15) is 13.8 Å². The van der Waals surface area contributed by atoms with Crippen LogP contribution in [-0.2, 0) is 9.53 Å². The van der Waals surface area contributed by atoms with E-state index in [1.807, 2.05) is 36.5 Å². The molecule has 0 bridgehead atoms. The highest BCUT2D eigenvalue weighted by Gasteiger charge is 2.12. The van der Waals surface area contributed by atoms with Crippen LogP contribution in [0, 0.1) is 0 Å². The van der Waals surface area contributed by atoms with E-state index in [1.54, 1.807) is 0 Å². The third kappa shape index (κ3) is 4.45. The number of esters is 1. The number of methoxy groups -OCH3 is 1. The van der Waals surface area contributed by atoms with Crippen LogP contribution in [0.15, 0.2) is 46.3 Å². The smallest absolute Gasteiger partial charge is 0.346 e. The van der Waals surface area contributed by atoms with E-state index in [1.165, 1.54) is 18.9 Å². The molecule has 0 aliphatic heterocycles. The Morgan fingerprint density at radius 3 is 2.39 bits per heavy atom. The first-order valence-corrected chi connectivity index (χ1v) is 6.80. The van der Waals surface area contributed by atoms with Crippen molar-refractivity contribution in [2.75, 3.05) is 20.2 Å². The molecule has 0 amide bonds. The summed E-state index contributed by atoms with van der Waals surface area (Å²) in [5.74, 6) is -0.296. The molecule has 0 atom stereocenters. The molecule has 98 valence electrons. The SMILES string of the molecule is CCN(/C=C(/Sc1ccccc1)C(=O)OC)CC. The van der Waals surface area contributed by atoms with E-state index in [0.29, 0.717) is 4.91 Å². The molecule has 0 saturated heterocycles. The summed E-state index contributed by atoms with van der Waals surface area (Å²) in [6.45, 7) is 5.85. The van der Waals surface area contributed by atoms with E-state index < -0.39 is 0 Å². The third-order valence-corrected chi connectivity index (χ3v) is 3.47. The minimum absolute atomic E-state index is 0.296. The number of rotatable bonds is 6. The second kappa shape index (κ2) is 7.82. The highest BCUT2D eigenvalue weighted by molar-refractivity contribution is 8.04. The zero-order valence-electron chi connectivity index (χ0n) is 11.1. The van der Waals surface area contributed by atoms with Crippen LogP contribution in [0.25, 0.3) is 0 Å². The Labute approximate surface area is 113 Å². The highest BCUT2D eigenvalue weighted by atomic mass is 32.2. The maximum Gasteiger partial charge on any atom is 0.346 e. The van der Waals surface area contributed by atoms with Crippen LogP contribution in [-0.4, -0.2) is 31.1 Å². The van der Waals surface area contributed by atoms with E-state index in [-0.39, 0.29) is 5.97 Å². The molecule has 0 radical (unpaired) electrons. The first-order chi connectivity index (χ1) is 8.71. The number of carbonyl (C=O) groups is 1. The quantitative estimate of drug-likeness (QED) is 0.449. The molecule has 4 heteroatoms. The average molecular weight is 265 g/mol. The minimum Gasteiger partial charge on any atom is -0.465 e. The van der Waals surface area contributed by atoms with Crippen molar-refractivity contribution >= 4 is 17.7 Å². The molecule has 0 saturated carbocycles. The second-order valence-corrected chi connectivity index (χ2v) is 4.74. The van der Waals surface area contributed by atoms with Gasteiger partial charge in [0.1, 0.15) is 4.91 Å². The van der Waals surface area contributed by atoms with Crippen molar-refractivity contribution in [3.05, 3.63) is 41.4 Å². The first-order valence-electron chi connectivity index (χ1n) is 5.98. The molecule has 1 aromatic carbocycles. The summed E-state index contributed by atoms with van der Waals surface area (Å²) in [6, 6.07) is 9.81. The van der Waals surface area contributed by atoms with Crippen molar-refractivity contribution in [3.8, 4) is 0 Å². The van der Waals surface area contributed by atoms with Crippen molar-refractivity contribution < 1.29 is 9.53 Å². The lowest BCUT2D eigenvalue weighted by Gasteiger charge is -2.17. The van der Waals surface area contributed by atoms with Gasteiger partial charge in [0.15, 0.2) is 0 Å². The normalized spacial score (nSPS) is 11.2. The number of thioether (sulfide) groups is 1. The van der Waals surface area contributed by atoms with Crippen molar-refractivity contribution in [1.82, 2.24) is 4.90 Å². The lowest BCUT2D eigenvalue weighted by atomic mass is 10.4. The lowest BCUT2D eigenvalue weighted by Crippen LogP contribution is -2.18. The maximum absolute atomic E-state index is 11.7. The molecule has 0 fully saturated rings. The van der Waals surface area contributed by atoms with Gasteiger partial charge in [0.2, 0.25) is 0 Å². The van der Waals surface area contributed by atoms with Crippen molar-refractivity contribution in [3.63, 3.8) is 0 Å². The number of benzene rings is 1. The fourth-order valence-corrected chi connectivity index (χ4v) is 2.32. The molecule has 1 aromatic rings. The van der Waals surface area contributed by atoms with Gasteiger partial charge in [0.05, 0.1) is 7.11 Å². The van der Waals surface area contributed by atoms with Gasteiger partial charge in [-0.25, -0.2) is 4.79 Å². The Balaban J connectivity index is 2.89. The zero-order chi connectivity index (χ0) is 13.4. The number of hydrogen-bond donors (Lipinski definition) is 0. The molecule has 0 aromatic heterocycles. The molecule has 1 rings (SSSR count). The Bertz CT molecular complexity index is 400. The van der Waals surface area contributed by atoms with Crippen molar-refractivity contribution in [2.24, 2.45) is 0 Å². The first kappa shape index (κ1) is 14.6. The topological polar surface area (TPSA) is 29.5 Å². The van der Waals surface area contributed by atoms with E-state index in [4.69, 9.17) is 4.74 Å². The van der Waals surface area contributed by atoms with Crippen LogP contribution < -0.4 is 0 Å². The molecule has 0 heterocycles. The minimum atomic E-state index is -0.296. The molecule has 3 nitrogen and oxygen atoms in total. The summed E-state index contributed by atoms with van der Waals surface area (Å²) in [4.78, 5) is 15.5. The van der Waals surface area contributed by atoms with Gasteiger partial charge < -0.3 is 9.64 Å². The second-order valence-electron chi connectivity index (χ2n) is 3.62. The van der Waals surface area contributed by atoms with Crippen LogP contribution >= 0.6 is 11.8 Å². The lowest BCUT2D eigenvalue weighted by molar-refractivity contribution is -0.135. The van der Waals surface area contributed by atoms with Gasteiger partial charge in [0, 0.05) is 24.2 Å². The fraction of sp³-hybridized carbons (Fsp3) is 0.357. The molecule has 0 aliphatic rings. The van der Waals surface area contributed by atoms with E-state index in [2.05, 4.69) is 18.7 Å². The molecule has 0 N–H and O–H groups in total. The number of hydrogen-bond acceptors (Lipinski definition) is 4. The Morgan fingerprint density at radius 1 is 1.28 bits per heavy atom. The molecule has 0 unspecified atom stereocenters. The molecular formula is C14H19NO2S. The number of ether oxygens (including phenoxy) is 1. The standard InChI is InChI=1S/C14H19NO2S/c1-4-15(5-2)11-13(14(16)17-3)18-12-9-7-6-8-10-12/h6-11H,4-5H2,1-3H3/b13-11+. The van der Waals surface area contributed by atoms with Crippen LogP contribution in [0.4, 0.5) is 0 Å².